The Labute approximate surface area is 301 Å². The molecule has 0 saturated heterocycles. The van der Waals surface area contributed by atoms with E-state index < -0.39 is 0 Å². The van der Waals surface area contributed by atoms with Crippen molar-refractivity contribution in [3.05, 3.63) is 108 Å². The van der Waals surface area contributed by atoms with Gasteiger partial charge in [-0.05, 0) is 122 Å². The van der Waals surface area contributed by atoms with Gasteiger partial charge in [-0.2, -0.15) is 10.5 Å². The van der Waals surface area contributed by atoms with Gasteiger partial charge in [0.1, 0.15) is 24.6 Å². The maximum Gasteiger partial charge on any atom is 0.128 e. The molecule has 0 radical (unpaired) electrons. The van der Waals surface area contributed by atoms with Crippen molar-refractivity contribution in [2.75, 3.05) is 67.6 Å². The van der Waals surface area contributed by atoms with Crippen LogP contribution in [0.1, 0.15) is 62.5 Å². The van der Waals surface area contributed by atoms with Gasteiger partial charge in [-0.1, -0.05) is 48.5 Å². The van der Waals surface area contributed by atoms with E-state index in [9.17, 15) is 0 Å². The number of quaternary nitrogens is 2. The van der Waals surface area contributed by atoms with Crippen LogP contribution in [0.4, 0.5) is 0 Å². The lowest BCUT2D eigenvalue weighted by molar-refractivity contribution is -0.946. The normalized spacial score (nSPS) is 11.5. The molecule has 0 spiro atoms. The van der Waals surface area contributed by atoms with Gasteiger partial charge in [0.15, 0.2) is 0 Å². The zero-order valence-corrected chi connectivity index (χ0v) is 30.7. The number of rotatable bonds is 21. The third-order valence-electron chi connectivity index (χ3n) is 9.57. The van der Waals surface area contributed by atoms with Crippen molar-refractivity contribution >= 4 is 0 Å². The Hall–Kier alpha value is -4.62. The molecule has 0 amide bonds. The third kappa shape index (κ3) is 13.4. The summed E-state index contributed by atoms with van der Waals surface area (Å²) in [5, 5.41) is 18.0. The average Bonchev–Trinajstić information content (AvgIpc) is 3.14. The van der Waals surface area contributed by atoms with Crippen LogP contribution in [0.25, 0.3) is 22.3 Å². The highest BCUT2D eigenvalue weighted by Gasteiger charge is 2.22. The molecule has 0 bridgehead atoms. The van der Waals surface area contributed by atoms with E-state index in [4.69, 9.17) is 20.0 Å². The van der Waals surface area contributed by atoms with Crippen molar-refractivity contribution in [2.24, 2.45) is 0 Å². The molecular weight excluding hydrogens is 617 g/mol. The number of benzene rings is 4. The highest BCUT2D eigenvalue weighted by Crippen LogP contribution is 2.24. The fourth-order valence-electron chi connectivity index (χ4n) is 6.10. The summed E-state index contributed by atoms with van der Waals surface area (Å²) in [5.41, 5.74) is 5.83. The van der Waals surface area contributed by atoms with E-state index in [0.29, 0.717) is 11.1 Å². The summed E-state index contributed by atoms with van der Waals surface area (Å²) in [7, 11) is 9.52. The van der Waals surface area contributed by atoms with Gasteiger partial charge >= 0.3 is 0 Å². The van der Waals surface area contributed by atoms with Crippen LogP contribution >= 0.6 is 0 Å². The van der Waals surface area contributed by atoms with Crippen molar-refractivity contribution in [3.63, 3.8) is 0 Å². The second-order valence-electron chi connectivity index (χ2n) is 14.7. The van der Waals surface area contributed by atoms with Crippen molar-refractivity contribution in [3.8, 4) is 45.9 Å². The van der Waals surface area contributed by atoms with E-state index in [2.05, 4.69) is 64.6 Å². The molecule has 4 aromatic carbocycles. The lowest BCUT2D eigenvalue weighted by Crippen LogP contribution is -2.51. The first-order valence-corrected chi connectivity index (χ1v) is 18.3. The van der Waals surface area contributed by atoms with E-state index in [1.807, 2.05) is 72.8 Å². The quantitative estimate of drug-likeness (QED) is 0.0653. The molecule has 0 unspecified atom stereocenters. The highest BCUT2D eigenvalue weighted by atomic mass is 16.5. The van der Waals surface area contributed by atoms with E-state index in [0.717, 1.165) is 68.8 Å². The Kier molecular flexibility index (Phi) is 14.9. The second-order valence-corrected chi connectivity index (χ2v) is 14.7. The summed E-state index contributed by atoms with van der Waals surface area (Å²) >= 11 is 0. The number of hydrogen-bond acceptors (Lipinski definition) is 4. The fourth-order valence-corrected chi connectivity index (χ4v) is 6.10. The smallest absolute Gasteiger partial charge is 0.128 e. The standard InChI is InChI=1S/C44H56N4O2/c1-47(2,29-9-5-7-11-33-49-43-25-21-41(22-26-43)39-17-13-37(35-45)14-18-39)31-32-48(3,4)30-10-6-8-12-34-50-44-27-23-42(24-28-44)40-19-15-38(36-46)16-20-40/h13-28H,5-12,29-34H2,1-4H3/q+2. The topological polar surface area (TPSA) is 66.0 Å². The van der Waals surface area contributed by atoms with Crippen LogP contribution < -0.4 is 9.47 Å². The van der Waals surface area contributed by atoms with E-state index in [-0.39, 0.29) is 0 Å². The first-order valence-electron chi connectivity index (χ1n) is 18.3. The summed E-state index contributed by atoms with van der Waals surface area (Å²) in [6.07, 6.45) is 9.54. The minimum absolute atomic E-state index is 0.679. The Morgan fingerprint density at radius 2 is 0.700 bits per heavy atom. The van der Waals surface area contributed by atoms with Gasteiger partial charge in [-0.15, -0.1) is 0 Å². The molecule has 262 valence electrons. The number of likely N-dealkylation sites (N-methyl/N-ethyl adjacent to an activating group) is 2. The van der Waals surface area contributed by atoms with Crippen LogP contribution in [0, 0.1) is 22.7 Å². The predicted octanol–water partition coefficient (Wildman–Crippen LogP) is 9.50. The van der Waals surface area contributed by atoms with Gasteiger partial charge in [0.05, 0.1) is 77.8 Å². The summed E-state index contributed by atoms with van der Waals surface area (Å²) in [4.78, 5) is 0. The first-order chi connectivity index (χ1) is 24.2. The van der Waals surface area contributed by atoms with Crippen LogP contribution in [0.15, 0.2) is 97.1 Å². The van der Waals surface area contributed by atoms with Gasteiger partial charge in [0.2, 0.25) is 0 Å². The number of hydrogen-bond donors (Lipinski definition) is 0. The van der Waals surface area contributed by atoms with Crippen molar-refractivity contribution in [2.45, 2.75) is 51.4 Å². The molecule has 4 rings (SSSR count). The Morgan fingerprint density at radius 3 is 1.02 bits per heavy atom. The molecule has 0 aliphatic carbocycles. The molecule has 50 heavy (non-hydrogen) atoms. The maximum atomic E-state index is 8.99. The Morgan fingerprint density at radius 1 is 0.400 bits per heavy atom. The summed E-state index contributed by atoms with van der Waals surface area (Å²) in [5.74, 6) is 1.82. The van der Waals surface area contributed by atoms with E-state index in [1.165, 1.54) is 64.7 Å². The number of unbranched alkanes of at least 4 members (excludes halogenated alkanes) is 6. The minimum Gasteiger partial charge on any atom is -0.494 e. The molecule has 6 nitrogen and oxygen atoms in total. The molecule has 0 N–H and O–H groups in total. The molecule has 4 aromatic rings. The molecular formula is C44H56N4O2+2. The predicted molar refractivity (Wildman–Crippen MR) is 205 cm³/mol. The highest BCUT2D eigenvalue weighted by molar-refractivity contribution is 5.65. The second kappa shape index (κ2) is 19.5. The molecule has 0 aliphatic heterocycles. The summed E-state index contributed by atoms with van der Waals surface area (Å²) < 4.78 is 14.1. The number of ether oxygens (including phenoxy) is 2. The van der Waals surface area contributed by atoms with Crippen LogP contribution in [0.3, 0.4) is 0 Å². The molecule has 0 aromatic heterocycles. The molecule has 0 heterocycles. The van der Waals surface area contributed by atoms with Crippen LogP contribution in [-0.4, -0.2) is 76.5 Å². The minimum atomic E-state index is 0.679. The number of nitrogens with zero attached hydrogens (tertiary/aromatic N) is 4. The SMILES string of the molecule is C[N+](C)(CCCCCCOc1ccc(-c2ccc(C#N)cc2)cc1)CC[N+](C)(C)CCCCCCOc1ccc(-c2ccc(C#N)cc2)cc1. The lowest BCUT2D eigenvalue weighted by Gasteiger charge is -2.36. The molecule has 0 atom stereocenters. The largest absolute Gasteiger partial charge is 0.494 e. The average molecular weight is 673 g/mol. The zero-order valence-electron chi connectivity index (χ0n) is 30.7. The van der Waals surface area contributed by atoms with Crippen LogP contribution in [0.2, 0.25) is 0 Å². The monoisotopic (exact) mass is 672 g/mol. The summed E-state index contributed by atoms with van der Waals surface area (Å²) in [6, 6.07) is 36.1. The molecule has 0 fully saturated rings. The van der Waals surface area contributed by atoms with Gasteiger partial charge in [-0.25, -0.2) is 0 Å². The molecule has 6 heteroatoms. The number of nitriles is 2. The van der Waals surface area contributed by atoms with Crippen molar-refractivity contribution < 1.29 is 18.4 Å². The first kappa shape index (κ1) is 38.2. The molecule has 0 aliphatic rings. The third-order valence-corrected chi connectivity index (χ3v) is 9.57. The van der Waals surface area contributed by atoms with E-state index >= 15 is 0 Å². The Bertz CT molecular complexity index is 1520. The van der Waals surface area contributed by atoms with Crippen LogP contribution in [0.5, 0.6) is 11.5 Å². The van der Waals surface area contributed by atoms with Crippen molar-refractivity contribution in [1.82, 2.24) is 0 Å². The lowest BCUT2D eigenvalue weighted by atomic mass is 10.0. The molecule has 0 saturated carbocycles. The summed E-state index contributed by atoms with van der Waals surface area (Å²) in [6.45, 7) is 6.34. The van der Waals surface area contributed by atoms with Crippen molar-refractivity contribution in [1.29, 1.82) is 10.5 Å². The van der Waals surface area contributed by atoms with E-state index in [1.54, 1.807) is 0 Å². The van der Waals surface area contributed by atoms with Gasteiger partial charge in [-0.3, -0.25) is 0 Å². The fraction of sp³-hybridized carbons (Fsp3) is 0.409. The maximum absolute atomic E-state index is 8.99. The van der Waals surface area contributed by atoms with Crippen LogP contribution in [-0.2, 0) is 0 Å². The van der Waals surface area contributed by atoms with Gasteiger partial charge < -0.3 is 18.4 Å². The Balaban J connectivity index is 0.995. The zero-order chi connectivity index (χ0) is 35.7. The van der Waals surface area contributed by atoms with Gasteiger partial charge in [0, 0.05) is 0 Å². The van der Waals surface area contributed by atoms with Gasteiger partial charge in [0.25, 0.3) is 0 Å².